The van der Waals surface area contributed by atoms with Gasteiger partial charge in [0.25, 0.3) is 11.6 Å². The number of hydrogen-bond acceptors (Lipinski definition) is 6. The van der Waals surface area contributed by atoms with E-state index in [4.69, 9.17) is 15.1 Å². The molecule has 0 heterocycles. The van der Waals surface area contributed by atoms with E-state index < -0.39 is 28.1 Å². The van der Waals surface area contributed by atoms with Gasteiger partial charge >= 0.3 is 5.97 Å². The Morgan fingerprint density at radius 3 is 2.76 bits per heavy atom. The van der Waals surface area contributed by atoms with Crippen LogP contribution in [0, 0.1) is 21.4 Å². The van der Waals surface area contributed by atoms with Crippen molar-refractivity contribution >= 4 is 17.6 Å². The van der Waals surface area contributed by atoms with E-state index >= 15 is 0 Å². The first kappa shape index (κ1) is 15.9. The van der Waals surface area contributed by atoms with Gasteiger partial charge in [0.05, 0.1) is 17.4 Å². The summed E-state index contributed by atoms with van der Waals surface area (Å²) < 4.78 is 5.04. The van der Waals surface area contributed by atoms with E-state index in [0.717, 1.165) is 12.1 Å². The minimum Gasteiger partial charge on any atom is -0.484 e. The van der Waals surface area contributed by atoms with E-state index in [9.17, 15) is 19.7 Å². The number of aromatic carboxylic acids is 1. The van der Waals surface area contributed by atoms with Crippen LogP contribution in [0.25, 0.3) is 0 Å². The Balaban J connectivity index is 2.71. The molecule has 1 aromatic carbocycles. The lowest BCUT2D eigenvalue weighted by Crippen LogP contribution is -2.29. The molecule has 21 heavy (non-hydrogen) atoms. The first-order valence-corrected chi connectivity index (χ1v) is 5.74. The van der Waals surface area contributed by atoms with Crippen LogP contribution < -0.4 is 10.1 Å². The molecule has 1 aromatic rings. The number of nitrogens with zero attached hydrogens (tertiary/aromatic N) is 2. The third kappa shape index (κ3) is 4.79. The van der Waals surface area contributed by atoms with Crippen molar-refractivity contribution in [1.29, 1.82) is 5.26 Å². The van der Waals surface area contributed by atoms with Crippen LogP contribution in [0.1, 0.15) is 16.8 Å². The molecule has 9 heteroatoms. The first-order valence-electron chi connectivity index (χ1n) is 5.74. The van der Waals surface area contributed by atoms with Gasteiger partial charge in [-0.25, -0.2) is 4.79 Å². The predicted molar refractivity (Wildman–Crippen MR) is 68.8 cm³/mol. The molecular formula is C12H11N3O6. The molecule has 110 valence electrons. The van der Waals surface area contributed by atoms with Gasteiger partial charge in [0.1, 0.15) is 11.3 Å². The molecule has 1 rings (SSSR count). The first-order chi connectivity index (χ1) is 9.95. The molecular weight excluding hydrogens is 282 g/mol. The van der Waals surface area contributed by atoms with Gasteiger partial charge in [0, 0.05) is 18.7 Å². The number of nitro benzene ring substituents is 1. The fourth-order valence-corrected chi connectivity index (χ4v) is 1.39. The Morgan fingerprint density at radius 1 is 1.48 bits per heavy atom. The summed E-state index contributed by atoms with van der Waals surface area (Å²) in [7, 11) is 0. The van der Waals surface area contributed by atoms with Gasteiger partial charge in [-0.15, -0.1) is 0 Å². The third-order valence-electron chi connectivity index (χ3n) is 2.32. The second-order valence-electron chi connectivity index (χ2n) is 3.79. The molecule has 0 bridgehead atoms. The maximum atomic E-state index is 11.3. The van der Waals surface area contributed by atoms with Crippen molar-refractivity contribution in [3.63, 3.8) is 0 Å². The Kier molecular flexibility index (Phi) is 5.64. The van der Waals surface area contributed by atoms with E-state index in [1.165, 1.54) is 6.07 Å². The molecule has 0 unspecified atom stereocenters. The van der Waals surface area contributed by atoms with Crippen molar-refractivity contribution in [2.45, 2.75) is 6.42 Å². The van der Waals surface area contributed by atoms with Gasteiger partial charge in [0.15, 0.2) is 6.61 Å². The second kappa shape index (κ2) is 7.44. The molecule has 0 saturated heterocycles. The summed E-state index contributed by atoms with van der Waals surface area (Å²) in [6, 6.07) is 5.02. The number of nitriles is 1. The summed E-state index contributed by atoms with van der Waals surface area (Å²) in [6.45, 7) is -0.207. The van der Waals surface area contributed by atoms with Crippen molar-refractivity contribution in [1.82, 2.24) is 5.32 Å². The van der Waals surface area contributed by atoms with Crippen LogP contribution >= 0.6 is 0 Å². The van der Waals surface area contributed by atoms with E-state index in [1.54, 1.807) is 0 Å². The lowest BCUT2D eigenvalue weighted by Gasteiger charge is -2.07. The SMILES string of the molecule is N#CCCNC(=O)COc1ccc([N+](=O)[O-])c(C(=O)O)c1. The predicted octanol–water partition coefficient (Wildman–Crippen LogP) is 0.702. The molecule has 1 amide bonds. The number of amides is 1. The molecule has 0 radical (unpaired) electrons. The highest BCUT2D eigenvalue weighted by atomic mass is 16.6. The van der Waals surface area contributed by atoms with E-state index in [-0.39, 0.29) is 25.3 Å². The molecule has 2 N–H and O–H groups in total. The summed E-state index contributed by atoms with van der Waals surface area (Å²) >= 11 is 0. The number of nitrogens with one attached hydrogen (secondary N) is 1. The number of carboxylic acids is 1. The molecule has 9 nitrogen and oxygen atoms in total. The quantitative estimate of drug-likeness (QED) is 0.428. The maximum Gasteiger partial charge on any atom is 0.342 e. The van der Waals surface area contributed by atoms with Gasteiger partial charge in [-0.1, -0.05) is 0 Å². The highest BCUT2D eigenvalue weighted by Gasteiger charge is 2.20. The Morgan fingerprint density at radius 2 is 2.19 bits per heavy atom. The Bertz CT molecular complexity index is 608. The Labute approximate surface area is 118 Å². The summed E-state index contributed by atoms with van der Waals surface area (Å²) in [4.78, 5) is 32.1. The summed E-state index contributed by atoms with van der Waals surface area (Å²) in [5.41, 5.74) is -1.09. The molecule has 0 aliphatic carbocycles. The fourth-order valence-electron chi connectivity index (χ4n) is 1.39. The number of ether oxygens (including phenoxy) is 1. The topological polar surface area (TPSA) is 143 Å². The second-order valence-corrected chi connectivity index (χ2v) is 3.79. The smallest absolute Gasteiger partial charge is 0.342 e. The molecule has 0 spiro atoms. The standard InChI is InChI=1S/C12H11N3O6/c13-4-1-5-14-11(16)7-21-8-2-3-10(15(19)20)9(6-8)12(17)18/h2-3,6H,1,5,7H2,(H,14,16)(H,17,18). The summed E-state index contributed by atoms with van der Waals surface area (Å²) in [5, 5.41) is 30.3. The number of nitro groups is 1. The summed E-state index contributed by atoms with van der Waals surface area (Å²) in [5.74, 6) is -1.93. The number of benzene rings is 1. The molecule has 0 aromatic heterocycles. The van der Waals surface area contributed by atoms with Crippen LogP contribution in [-0.4, -0.2) is 35.1 Å². The van der Waals surface area contributed by atoms with Crippen molar-refractivity contribution in [3.05, 3.63) is 33.9 Å². The average Bonchev–Trinajstić information content (AvgIpc) is 2.44. The number of hydrogen-bond donors (Lipinski definition) is 2. The largest absolute Gasteiger partial charge is 0.484 e. The molecule has 0 atom stereocenters. The summed E-state index contributed by atoms with van der Waals surface area (Å²) in [6.07, 6.45) is 0.159. The molecule has 0 aliphatic rings. The minimum absolute atomic E-state index is 0.0217. The zero-order valence-corrected chi connectivity index (χ0v) is 10.7. The number of rotatable bonds is 7. The molecule has 0 saturated carbocycles. The number of carboxylic acid groups (broad SMARTS) is 1. The fraction of sp³-hybridized carbons (Fsp3) is 0.250. The Hall–Kier alpha value is -3.15. The van der Waals surface area contributed by atoms with Crippen LogP contribution in [0.2, 0.25) is 0 Å². The van der Waals surface area contributed by atoms with Crippen molar-refractivity contribution in [2.24, 2.45) is 0 Å². The van der Waals surface area contributed by atoms with Crippen molar-refractivity contribution in [2.75, 3.05) is 13.2 Å². The van der Waals surface area contributed by atoms with Gasteiger partial charge in [-0.3, -0.25) is 14.9 Å². The van der Waals surface area contributed by atoms with Gasteiger partial charge in [-0.2, -0.15) is 5.26 Å². The molecule has 0 fully saturated rings. The van der Waals surface area contributed by atoms with Crippen LogP contribution in [-0.2, 0) is 4.79 Å². The van der Waals surface area contributed by atoms with Crippen molar-refractivity contribution in [3.8, 4) is 11.8 Å². The third-order valence-corrected chi connectivity index (χ3v) is 2.32. The van der Waals surface area contributed by atoms with Crippen LogP contribution in [0.15, 0.2) is 18.2 Å². The van der Waals surface area contributed by atoms with Crippen LogP contribution in [0.4, 0.5) is 5.69 Å². The van der Waals surface area contributed by atoms with Gasteiger partial charge < -0.3 is 15.2 Å². The highest BCUT2D eigenvalue weighted by Crippen LogP contribution is 2.24. The average molecular weight is 293 g/mol. The molecule has 0 aliphatic heterocycles. The van der Waals surface area contributed by atoms with Crippen molar-refractivity contribution < 1.29 is 24.4 Å². The zero-order chi connectivity index (χ0) is 15.8. The normalized spacial score (nSPS) is 9.48. The number of carbonyl (C=O) groups is 2. The van der Waals surface area contributed by atoms with E-state index in [2.05, 4.69) is 5.32 Å². The lowest BCUT2D eigenvalue weighted by molar-refractivity contribution is -0.385. The minimum atomic E-state index is -1.47. The van der Waals surface area contributed by atoms with E-state index in [1.807, 2.05) is 6.07 Å². The highest BCUT2D eigenvalue weighted by molar-refractivity contribution is 5.92. The van der Waals surface area contributed by atoms with E-state index in [0.29, 0.717) is 0 Å². The monoisotopic (exact) mass is 293 g/mol. The lowest BCUT2D eigenvalue weighted by atomic mass is 10.1. The van der Waals surface area contributed by atoms with Gasteiger partial charge in [0.2, 0.25) is 0 Å². The van der Waals surface area contributed by atoms with Crippen LogP contribution in [0.3, 0.4) is 0 Å². The zero-order valence-electron chi connectivity index (χ0n) is 10.7. The number of carbonyl (C=O) groups excluding carboxylic acids is 1. The van der Waals surface area contributed by atoms with Gasteiger partial charge in [-0.05, 0) is 6.07 Å². The van der Waals surface area contributed by atoms with Crippen LogP contribution in [0.5, 0.6) is 5.75 Å². The maximum absolute atomic E-state index is 11.3.